The van der Waals surface area contributed by atoms with Gasteiger partial charge in [0.15, 0.2) is 0 Å². The summed E-state index contributed by atoms with van der Waals surface area (Å²) in [5.74, 6) is 0.116. The Morgan fingerprint density at radius 3 is 2.74 bits per heavy atom. The van der Waals surface area contributed by atoms with E-state index in [9.17, 15) is 9.90 Å². The fourth-order valence-electron chi connectivity index (χ4n) is 2.28. The van der Waals surface area contributed by atoms with Crippen molar-refractivity contribution in [2.24, 2.45) is 5.92 Å². The van der Waals surface area contributed by atoms with Crippen molar-refractivity contribution in [3.63, 3.8) is 0 Å². The summed E-state index contributed by atoms with van der Waals surface area (Å²) in [4.78, 5) is 11.9. The molecule has 2 unspecified atom stereocenters. The van der Waals surface area contributed by atoms with Gasteiger partial charge in [-0.15, -0.1) is 0 Å². The van der Waals surface area contributed by atoms with Crippen LogP contribution in [0.3, 0.4) is 0 Å². The third-order valence-electron chi connectivity index (χ3n) is 3.57. The molecule has 3 heteroatoms. The van der Waals surface area contributed by atoms with Gasteiger partial charge in [-0.3, -0.25) is 4.79 Å². The van der Waals surface area contributed by atoms with Gasteiger partial charge < -0.3 is 10.4 Å². The van der Waals surface area contributed by atoms with Crippen molar-refractivity contribution in [3.8, 4) is 0 Å². The van der Waals surface area contributed by atoms with Crippen LogP contribution in [0.25, 0.3) is 0 Å². The summed E-state index contributed by atoms with van der Waals surface area (Å²) in [6.07, 6.45) is 6.23. The molecule has 1 aliphatic carbocycles. The molecule has 0 aliphatic heterocycles. The maximum absolute atomic E-state index is 11.9. The van der Waals surface area contributed by atoms with E-state index in [0.717, 1.165) is 30.4 Å². The van der Waals surface area contributed by atoms with Crippen LogP contribution in [0, 0.1) is 12.8 Å². The summed E-state index contributed by atoms with van der Waals surface area (Å²) in [6, 6.07) is 7.73. The van der Waals surface area contributed by atoms with Gasteiger partial charge in [-0.25, -0.2) is 0 Å². The smallest absolute Gasteiger partial charge is 0.223 e. The van der Waals surface area contributed by atoms with Crippen molar-refractivity contribution >= 4 is 5.91 Å². The summed E-state index contributed by atoms with van der Waals surface area (Å²) in [6.45, 7) is 2.29. The molecule has 1 amide bonds. The monoisotopic (exact) mass is 259 g/mol. The Hall–Kier alpha value is -1.61. The zero-order valence-corrected chi connectivity index (χ0v) is 11.3. The molecule has 0 heterocycles. The average molecular weight is 259 g/mol. The fourth-order valence-corrected chi connectivity index (χ4v) is 2.28. The molecule has 19 heavy (non-hydrogen) atoms. The van der Waals surface area contributed by atoms with Crippen molar-refractivity contribution in [2.45, 2.75) is 32.3 Å². The van der Waals surface area contributed by atoms with Gasteiger partial charge in [0.25, 0.3) is 0 Å². The van der Waals surface area contributed by atoms with Crippen LogP contribution in [0.2, 0.25) is 0 Å². The Kier molecular flexibility index (Phi) is 4.74. The Morgan fingerprint density at radius 2 is 2.11 bits per heavy atom. The molecule has 102 valence electrons. The van der Waals surface area contributed by atoms with E-state index in [-0.39, 0.29) is 18.4 Å². The molecule has 2 atom stereocenters. The van der Waals surface area contributed by atoms with Crippen LogP contribution in [0.5, 0.6) is 0 Å². The number of carbonyl (C=O) groups is 1. The van der Waals surface area contributed by atoms with Crippen molar-refractivity contribution < 1.29 is 9.90 Å². The van der Waals surface area contributed by atoms with Crippen LogP contribution in [-0.2, 0) is 4.79 Å². The summed E-state index contributed by atoms with van der Waals surface area (Å²) in [5, 5.41) is 12.9. The minimum Gasteiger partial charge on any atom is -0.387 e. The lowest BCUT2D eigenvalue weighted by Gasteiger charge is -2.19. The number of rotatable bonds is 4. The Balaban J connectivity index is 1.82. The van der Waals surface area contributed by atoms with Gasteiger partial charge in [-0.2, -0.15) is 0 Å². The molecular formula is C16H21NO2. The lowest BCUT2D eigenvalue weighted by Crippen LogP contribution is -2.34. The van der Waals surface area contributed by atoms with Gasteiger partial charge in [0.1, 0.15) is 0 Å². The lowest BCUT2D eigenvalue weighted by atomic mass is 9.93. The largest absolute Gasteiger partial charge is 0.387 e. The van der Waals surface area contributed by atoms with Gasteiger partial charge in [0.2, 0.25) is 5.91 Å². The number of hydrogen-bond acceptors (Lipinski definition) is 2. The van der Waals surface area contributed by atoms with E-state index in [2.05, 4.69) is 17.5 Å². The van der Waals surface area contributed by atoms with E-state index in [1.54, 1.807) is 0 Å². The molecule has 0 fully saturated rings. The van der Waals surface area contributed by atoms with Gasteiger partial charge in [0.05, 0.1) is 6.10 Å². The molecule has 3 nitrogen and oxygen atoms in total. The number of allylic oxidation sites excluding steroid dienone is 2. The first-order chi connectivity index (χ1) is 9.16. The van der Waals surface area contributed by atoms with Crippen LogP contribution in [-0.4, -0.2) is 17.6 Å². The minimum atomic E-state index is -0.635. The zero-order chi connectivity index (χ0) is 13.7. The maximum Gasteiger partial charge on any atom is 0.223 e. The predicted octanol–water partition coefficient (Wildman–Crippen LogP) is 2.50. The van der Waals surface area contributed by atoms with Crippen LogP contribution in [0.1, 0.15) is 36.5 Å². The molecule has 2 N–H and O–H groups in total. The molecule has 0 aromatic heterocycles. The average Bonchev–Trinajstić information content (AvgIpc) is 2.46. The molecular weight excluding hydrogens is 238 g/mol. The number of aryl methyl sites for hydroxylation is 1. The standard InChI is InChI=1S/C16H21NO2/c1-12-7-9-13(10-8-12)15(18)11-17-16(19)14-5-3-2-4-6-14/h2-3,7-10,14-15,18H,4-6,11H2,1H3,(H,17,19). The van der Waals surface area contributed by atoms with E-state index in [1.165, 1.54) is 0 Å². The molecule has 0 radical (unpaired) electrons. The van der Waals surface area contributed by atoms with Gasteiger partial charge in [0, 0.05) is 12.5 Å². The third-order valence-corrected chi connectivity index (χ3v) is 3.57. The predicted molar refractivity (Wildman–Crippen MR) is 75.6 cm³/mol. The maximum atomic E-state index is 11.9. The van der Waals surface area contributed by atoms with Crippen molar-refractivity contribution in [2.75, 3.05) is 6.54 Å². The summed E-state index contributed by atoms with van der Waals surface area (Å²) in [7, 11) is 0. The first-order valence-electron chi connectivity index (χ1n) is 6.84. The van der Waals surface area contributed by atoms with E-state index in [0.29, 0.717) is 0 Å². The second-order valence-electron chi connectivity index (χ2n) is 5.15. The van der Waals surface area contributed by atoms with E-state index >= 15 is 0 Å². The normalized spacial score (nSPS) is 20.0. The number of hydrogen-bond donors (Lipinski definition) is 2. The fraction of sp³-hybridized carbons (Fsp3) is 0.438. The van der Waals surface area contributed by atoms with Crippen LogP contribution in [0.15, 0.2) is 36.4 Å². The van der Waals surface area contributed by atoms with E-state index in [4.69, 9.17) is 0 Å². The molecule has 0 saturated carbocycles. The lowest BCUT2D eigenvalue weighted by molar-refractivity contribution is -0.125. The van der Waals surface area contributed by atoms with Crippen molar-refractivity contribution in [1.82, 2.24) is 5.32 Å². The SMILES string of the molecule is Cc1ccc(C(O)CNC(=O)C2CC=CCC2)cc1. The summed E-state index contributed by atoms with van der Waals surface area (Å²) >= 11 is 0. The summed E-state index contributed by atoms with van der Waals surface area (Å²) in [5.41, 5.74) is 2.00. The number of carbonyl (C=O) groups excluding carboxylic acids is 1. The van der Waals surface area contributed by atoms with Gasteiger partial charge in [-0.1, -0.05) is 42.0 Å². The van der Waals surface area contributed by atoms with Crippen molar-refractivity contribution in [3.05, 3.63) is 47.5 Å². The molecule has 0 saturated heterocycles. The number of aliphatic hydroxyl groups is 1. The number of nitrogens with one attached hydrogen (secondary N) is 1. The highest BCUT2D eigenvalue weighted by molar-refractivity contribution is 5.79. The highest BCUT2D eigenvalue weighted by atomic mass is 16.3. The number of aliphatic hydroxyl groups excluding tert-OH is 1. The Morgan fingerprint density at radius 1 is 1.37 bits per heavy atom. The molecule has 1 aromatic rings. The third kappa shape index (κ3) is 3.93. The highest BCUT2D eigenvalue weighted by Gasteiger charge is 2.19. The van der Waals surface area contributed by atoms with E-state index < -0.39 is 6.10 Å². The van der Waals surface area contributed by atoms with Gasteiger partial charge >= 0.3 is 0 Å². The summed E-state index contributed by atoms with van der Waals surface area (Å²) < 4.78 is 0. The van der Waals surface area contributed by atoms with Crippen LogP contribution < -0.4 is 5.32 Å². The quantitative estimate of drug-likeness (QED) is 0.816. The second kappa shape index (κ2) is 6.53. The number of amides is 1. The van der Waals surface area contributed by atoms with E-state index in [1.807, 2.05) is 31.2 Å². The molecule has 1 aliphatic rings. The molecule has 0 spiro atoms. The molecule has 1 aromatic carbocycles. The van der Waals surface area contributed by atoms with Gasteiger partial charge in [-0.05, 0) is 31.7 Å². The zero-order valence-electron chi connectivity index (χ0n) is 11.3. The Labute approximate surface area is 114 Å². The second-order valence-corrected chi connectivity index (χ2v) is 5.15. The van der Waals surface area contributed by atoms with Crippen molar-refractivity contribution in [1.29, 1.82) is 0 Å². The molecule has 2 rings (SSSR count). The minimum absolute atomic E-state index is 0.0514. The first kappa shape index (κ1) is 13.8. The highest BCUT2D eigenvalue weighted by Crippen LogP contribution is 2.18. The first-order valence-corrected chi connectivity index (χ1v) is 6.84. The number of benzene rings is 1. The Bertz CT molecular complexity index is 450. The van der Waals surface area contributed by atoms with Crippen LogP contribution >= 0.6 is 0 Å². The topological polar surface area (TPSA) is 49.3 Å². The molecule has 0 bridgehead atoms. The van der Waals surface area contributed by atoms with Crippen LogP contribution in [0.4, 0.5) is 0 Å².